The van der Waals surface area contributed by atoms with Gasteiger partial charge in [0.15, 0.2) is 0 Å². The maximum absolute atomic E-state index is 13.3. The van der Waals surface area contributed by atoms with Gasteiger partial charge in [-0.15, -0.1) is 0 Å². The molecule has 8 heteroatoms. The highest BCUT2D eigenvalue weighted by Gasteiger charge is 2.24. The van der Waals surface area contributed by atoms with Crippen LogP contribution in [0.3, 0.4) is 0 Å². The minimum absolute atomic E-state index is 0.00907. The molecule has 0 bridgehead atoms. The number of aliphatic hydroxyl groups excluding tert-OH is 2. The average molecular weight is 343 g/mol. The lowest BCUT2D eigenvalue weighted by molar-refractivity contribution is 0.0114. The van der Waals surface area contributed by atoms with Gasteiger partial charge < -0.3 is 25.4 Å². The molecular weight excluding hydrogens is 321 g/mol. The first-order valence-corrected chi connectivity index (χ1v) is 7.37. The summed E-state index contributed by atoms with van der Waals surface area (Å²) in [6.45, 7) is 5.08. The highest BCUT2D eigenvalue weighted by Crippen LogP contribution is 2.24. The van der Waals surface area contributed by atoms with Crippen molar-refractivity contribution in [2.45, 2.75) is 45.0 Å². The number of benzene rings is 1. The molecule has 0 heterocycles. The summed E-state index contributed by atoms with van der Waals surface area (Å²) < 4.78 is 18.3. The number of carboxylic acid groups (broad SMARTS) is 1. The molecule has 24 heavy (non-hydrogen) atoms. The summed E-state index contributed by atoms with van der Waals surface area (Å²) in [5, 5.41) is 31.5. The van der Waals surface area contributed by atoms with Crippen molar-refractivity contribution in [3.8, 4) is 0 Å². The van der Waals surface area contributed by atoms with Gasteiger partial charge in [0.1, 0.15) is 17.5 Å². The zero-order valence-electron chi connectivity index (χ0n) is 13.7. The number of aromatic carboxylic acids is 1. The third kappa shape index (κ3) is 6.13. The second-order valence-corrected chi connectivity index (χ2v) is 6.27. The predicted octanol–water partition coefficient (Wildman–Crippen LogP) is 1.83. The first-order valence-electron chi connectivity index (χ1n) is 7.37. The van der Waals surface area contributed by atoms with E-state index in [0.717, 1.165) is 18.2 Å². The summed E-state index contributed by atoms with van der Waals surface area (Å²) in [5.41, 5.74) is -1.20. The van der Waals surface area contributed by atoms with Crippen LogP contribution in [0.2, 0.25) is 0 Å². The molecule has 0 aliphatic rings. The average Bonchev–Trinajstić information content (AvgIpc) is 2.43. The Morgan fingerprint density at radius 1 is 1.29 bits per heavy atom. The number of aliphatic hydroxyl groups is 2. The molecule has 7 nitrogen and oxygen atoms in total. The van der Waals surface area contributed by atoms with Crippen LogP contribution in [0.1, 0.15) is 49.2 Å². The van der Waals surface area contributed by atoms with Crippen LogP contribution in [-0.4, -0.2) is 45.6 Å². The van der Waals surface area contributed by atoms with E-state index in [1.54, 1.807) is 20.8 Å². The summed E-state index contributed by atoms with van der Waals surface area (Å²) >= 11 is 0. The van der Waals surface area contributed by atoms with E-state index in [2.05, 4.69) is 5.32 Å². The van der Waals surface area contributed by atoms with Gasteiger partial charge in [-0.05, 0) is 45.4 Å². The molecule has 0 fully saturated rings. The SMILES string of the molecule is CC(C)(C)OC(=O)NCCC(O)C(O)c1cc(F)ccc1C(=O)O. The van der Waals surface area contributed by atoms with Crippen molar-refractivity contribution in [3.63, 3.8) is 0 Å². The Balaban J connectivity index is 2.66. The molecule has 0 radical (unpaired) electrons. The number of rotatable bonds is 6. The van der Waals surface area contributed by atoms with Gasteiger partial charge in [0.25, 0.3) is 0 Å². The van der Waals surface area contributed by atoms with Crippen LogP contribution in [0.5, 0.6) is 0 Å². The summed E-state index contributed by atoms with van der Waals surface area (Å²) in [5.74, 6) is -2.07. The molecule has 1 aromatic rings. The number of hydrogen-bond donors (Lipinski definition) is 4. The Hall–Kier alpha value is -2.19. The standard InChI is InChI=1S/C16H22FNO6/c1-16(2,3)24-15(23)18-7-6-12(19)13(20)11-8-9(17)4-5-10(11)14(21)22/h4-5,8,12-13,19-20H,6-7H2,1-3H3,(H,18,23)(H,21,22). The number of halogens is 1. The van der Waals surface area contributed by atoms with Gasteiger partial charge in [0.2, 0.25) is 0 Å². The first-order chi connectivity index (χ1) is 11.0. The molecule has 2 atom stereocenters. The van der Waals surface area contributed by atoms with Crippen molar-refractivity contribution < 1.29 is 34.0 Å². The lowest BCUT2D eigenvalue weighted by Crippen LogP contribution is -2.34. The number of nitrogens with one attached hydrogen (secondary N) is 1. The van der Waals surface area contributed by atoms with Gasteiger partial charge in [-0.25, -0.2) is 14.0 Å². The lowest BCUT2D eigenvalue weighted by Gasteiger charge is -2.22. The van der Waals surface area contributed by atoms with Crippen molar-refractivity contribution >= 4 is 12.1 Å². The van der Waals surface area contributed by atoms with E-state index in [-0.39, 0.29) is 24.1 Å². The number of carbonyl (C=O) groups excluding carboxylic acids is 1. The smallest absolute Gasteiger partial charge is 0.407 e. The number of alkyl carbamates (subject to hydrolysis) is 1. The van der Waals surface area contributed by atoms with Crippen LogP contribution < -0.4 is 5.32 Å². The van der Waals surface area contributed by atoms with E-state index in [0.29, 0.717) is 0 Å². The van der Waals surface area contributed by atoms with E-state index >= 15 is 0 Å². The molecular formula is C16H22FNO6. The van der Waals surface area contributed by atoms with Crippen LogP contribution in [-0.2, 0) is 4.74 Å². The molecule has 2 unspecified atom stereocenters. The molecule has 1 aromatic carbocycles. The number of carboxylic acids is 1. The third-order valence-corrected chi connectivity index (χ3v) is 3.04. The fourth-order valence-corrected chi connectivity index (χ4v) is 1.97. The van der Waals surface area contributed by atoms with Gasteiger partial charge in [0.05, 0.1) is 11.7 Å². The quantitative estimate of drug-likeness (QED) is 0.626. The molecule has 4 N–H and O–H groups in total. The number of hydrogen-bond acceptors (Lipinski definition) is 5. The predicted molar refractivity (Wildman–Crippen MR) is 83.2 cm³/mol. The van der Waals surface area contributed by atoms with Gasteiger partial charge in [-0.1, -0.05) is 0 Å². The van der Waals surface area contributed by atoms with Crippen LogP contribution in [0.15, 0.2) is 18.2 Å². The van der Waals surface area contributed by atoms with Crippen molar-refractivity contribution in [1.82, 2.24) is 5.32 Å². The maximum Gasteiger partial charge on any atom is 0.407 e. The van der Waals surface area contributed by atoms with Crippen molar-refractivity contribution in [2.75, 3.05) is 6.54 Å². The molecule has 0 aromatic heterocycles. The zero-order valence-corrected chi connectivity index (χ0v) is 13.7. The van der Waals surface area contributed by atoms with Gasteiger partial charge in [-0.2, -0.15) is 0 Å². The van der Waals surface area contributed by atoms with Crippen LogP contribution in [0.25, 0.3) is 0 Å². The van der Waals surface area contributed by atoms with Crippen LogP contribution in [0, 0.1) is 5.82 Å². The Labute approximate surface area is 139 Å². The molecule has 1 amide bonds. The first kappa shape index (κ1) is 19.9. The second-order valence-electron chi connectivity index (χ2n) is 6.27. The molecule has 0 spiro atoms. The van der Waals surface area contributed by atoms with Crippen molar-refractivity contribution in [3.05, 3.63) is 35.1 Å². The zero-order chi connectivity index (χ0) is 18.5. The van der Waals surface area contributed by atoms with E-state index in [9.17, 15) is 24.2 Å². The summed E-state index contributed by atoms with van der Waals surface area (Å²) in [6.07, 6.45) is -3.75. The minimum atomic E-state index is -1.60. The van der Waals surface area contributed by atoms with Crippen LogP contribution in [0.4, 0.5) is 9.18 Å². The highest BCUT2D eigenvalue weighted by molar-refractivity contribution is 5.89. The Morgan fingerprint density at radius 2 is 1.92 bits per heavy atom. The Kier molecular flexibility index (Phi) is 6.68. The van der Waals surface area contributed by atoms with Crippen molar-refractivity contribution in [2.24, 2.45) is 0 Å². The van der Waals surface area contributed by atoms with E-state index in [1.165, 1.54) is 0 Å². The monoisotopic (exact) mass is 343 g/mol. The van der Waals surface area contributed by atoms with Crippen molar-refractivity contribution in [1.29, 1.82) is 0 Å². The fraction of sp³-hybridized carbons (Fsp3) is 0.500. The fourth-order valence-electron chi connectivity index (χ4n) is 1.97. The molecule has 0 aliphatic heterocycles. The van der Waals surface area contributed by atoms with E-state index in [1.807, 2.05) is 0 Å². The van der Waals surface area contributed by atoms with Gasteiger partial charge in [-0.3, -0.25) is 0 Å². The minimum Gasteiger partial charge on any atom is -0.478 e. The summed E-state index contributed by atoms with van der Waals surface area (Å²) in [7, 11) is 0. The lowest BCUT2D eigenvalue weighted by atomic mass is 9.97. The highest BCUT2D eigenvalue weighted by atomic mass is 19.1. The summed E-state index contributed by atoms with van der Waals surface area (Å²) in [6, 6.07) is 2.83. The number of ether oxygens (including phenoxy) is 1. The summed E-state index contributed by atoms with van der Waals surface area (Å²) in [4.78, 5) is 22.6. The molecule has 134 valence electrons. The van der Waals surface area contributed by atoms with E-state index < -0.39 is 35.7 Å². The molecule has 0 aliphatic carbocycles. The number of carbonyl (C=O) groups is 2. The normalized spacial score (nSPS) is 13.9. The number of amides is 1. The molecule has 1 rings (SSSR count). The van der Waals surface area contributed by atoms with E-state index in [4.69, 9.17) is 9.84 Å². The Morgan fingerprint density at radius 3 is 2.46 bits per heavy atom. The third-order valence-electron chi connectivity index (χ3n) is 3.04. The Bertz CT molecular complexity index is 599. The largest absolute Gasteiger partial charge is 0.478 e. The van der Waals surface area contributed by atoms with Gasteiger partial charge >= 0.3 is 12.1 Å². The van der Waals surface area contributed by atoms with Gasteiger partial charge in [0, 0.05) is 12.1 Å². The van der Waals surface area contributed by atoms with Crippen LogP contribution >= 0.6 is 0 Å². The maximum atomic E-state index is 13.3. The topological polar surface area (TPSA) is 116 Å². The molecule has 0 saturated heterocycles. The second kappa shape index (κ2) is 8.07. The molecule has 0 saturated carbocycles.